The average molecular weight is 253 g/mol. The van der Waals surface area contributed by atoms with Crippen molar-refractivity contribution in [2.45, 2.75) is 38.2 Å². The highest BCUT2D eigenvalue weighted by Gasteiger charge is 1.95. The molecule has 0 unspecified atom stereocenters. The molecule has 0 spiro atoms. The molecule has 1 nitrogen and oxygen atoms in total. The summed E-state index contributed by atoms with van der Waals surface area (Å²) >= 11 is 3.69. The Labute approximate surface area is 106 Å². The molecule has 0 saturated carbocycles. The molecule has 0 aliphatic heterocycles. The summed E-state index contributed by atoms with van der Waals surface area (Å²) in [5, 5.41) is 1.58. The van der Waals surface area contributed by atoms with Crippen molar-refractivity contribution in [1.29, 1.82) is 0 Å². The van der Waals surface area contributed by atoms with Crippen molar-refractivity contribution in [1.82, 2.24) is 4.98 Å². The monoisotopic (exact) mass is 253 g/mol. The molecular weight excluding hydrogens is 234 g/mol. The van der Waals surface area contributed by atoms with Crippen LogP contribution in [0, 0.1) is 0 Å². The number of nitrogens with zero attached hydrogens (tertiary/aromatic N) is 1. The van der Waals surface area contributed by atoms with E-state index in [1.165, 1.54) is 4.70 Å². The van der Waals surface area contributed by atoms with Crippen LogP contribution in [0.2, 0.25) is 0 Å². The maximum absolute atomic E-state index is 4.14. The first-order valence-electron chi connectivity index (χ1n) is 5.53. The number of hydrogen-bond acceptors (Lipinski definition) is 3. The summed E-state index contributed by atoms with van der Waals surface area (Å²) in [6.07, 6.45) is 0. The zero-order valence-corrected chi connectivity index (χ0v) is 11.9. The third-order valence-corrected chi connectivity index (χ3v) is 3.68. The van der Waals surface area contributed by atoms with Crippen molar-refractivity contribution in [3.63, 3.8) is 0 Å². The number of aromatic nitrogens is 1. The molecule has 0 atom stereocenters. The van der Waals surface area contributed by atoms with Crippen LogP contribution in [0.1, 0.15) is 27.7 Å². The van der Waals surface area contributed by atoms with E-state index in [2.05, 4.69) is 38.7 Å². The minimum absolute atomic E-state index is 0.792. The molecule has 0 N–H and O–H groups in total. The van der Waals surface area contributed by atoms with Gasteiger partial charge in [-0.25, -0.2) is 4.98 Å². The van der Waals surface area contributed by atoms with Crippen LogP contribution in [-0.2, 0) is 0 Å². The van der Waals surface area contributed by atoms with E-state index in [-0.39, 0.29) is 0 Å². The Bertz CT molecular complexity index is 371. The number of thiazole rings is 1. The Morgan fingerprint density at radius 1 is 1.06 bits per heavy atom. The second-order valence-corrected chi connectivity index (χ2v) is 7.10. The van der Waals surface area contributed by atoms with E-state index >= 15 is 0 Å². The van der Waals surface area contributed by atoms with Gasteiger partial charge in [-0.05, 0) is 22.6 Å². The van der Waals surface area contributed by atoms with Crippen LogP contribution in [-0.4, -0.2) is 15.5 Å². The number of rotatable bonds is 2. The quantitative estimate of drug-likeness (QED) is 0.760. The molecule has 88 valence electrons. The number of fused-ring (bicyclic) bond motifs is 1. The Morgan fingerprint density at radius 3 is 2.19 bits per heavy atom. The summed E-state index contributed by atoms with van der Waals surface area (Å²) in [5.74, 6) is 0. The van der Waals surface area contributed by atoms with Crippen LogP contribution < -0.4 is 0 Å². The van der Waals surface area contributed by atoms with Crippen molar-refractivity contribution in [3.05, 3.63) is 29.8 Å². The third-order valence-electron chi connectivity index (χ3n) is 1.78. The highest BCUT2D eigenvalue weighted by Crippen LogP contribution is 2.15. The summed E-state index contributed by atoms with van der Waals surface area (Å²) in [7, 11) is 0. The summed E-state index contributed by atoms with van der Waals surface area (Å²) in [6.45, 7) is 8.91. The molecule has 3 heteroatoms. The van der Waals surface area contributed by atoms with Gasteiger partial charge in [-0.2, -0.15) is 11.8 Å². The van der Waals surface area contributed by atoms with Crippen molar-refractivity contribution in [2.24, 2.45) is 0 Å². The standard InChI is InChI=1S/C7H5NS.C6H14S/c1-2-4-7-6(3-1)8-5-9-7;1-5(2)7-6(3)4/h1-5H;5-6H,1-4H3. The van der Waals surface area contributed by atoms with E-state index in [4.69, 9.17) is 0 Å². The van der Waals surface area contributed by atoms with Gasteiger partial charge >= 0.3 is 0 Å². The smallest absolute Gasteiger partial charge is 0.0812 e. The van der Waals surface area contributed by atoms with Gasteiger partial charge in [0, 0.05) is 0 Å². The molecule has 0 aliphatic carbocycles. The molecule has 0 radical (unpaired) electrons. The Balaban J connectivity index is 0.000000168. The summed E-state index contributed by atoms with van der Waals surface area (Å²) in [6, 6.07) is 8.13. The molecular formula is C13H19NS2. The fraction of sp³-hybridized carbons (Fsp3) is 0.462. The molecule has 0 saturated heterocycles. The first-order valence-corrected chi connectivity index (χ1v) is 7.35. The number of thioether (sulfide) groups is 1. The highest BCUT2D eigenvalue weighted by atomic mass is 32.2. The zero-order chi connectivity index (χ0) is 12.0. The lowest BCUT2D eigenvalue weighted by atomic mass is 10.3. The Kier molecular flexibility index (Phi) is 5.85. The molecule has 1 heterocycles. The van der Waals surface area contributed by atoms with Gasteiger partial charge in [0.2, 0.25) is 0 Å². The summed E-state index contributed by atoms with van der Waals surface area (Å²) in [5.41, 5.74) is 2.97. The van der Waals surface area contributed by atoms with Crippen LogP contribution >= 0.6 is 23.1 Å². The molecule has 0 fully saturated rings. The highest BCUT2D eigenvalue weighted by molar-refractivity contribution is 8.00. The maximum Gasteiger partial charge on any atom is 0.0812 e. The first-order chi connectivity index (χ1) is 7.59. The van der Waals surface area contributed by atoms with Gasteiger partial charge in [-0.1, -0.05) is 39.8 Å². The van der Waals surface area contributed by atoms with Gasteiger partial charge in [-0.15, -0.1) is 11.3 Å². The fourth-order valence-electron chi connectivity index (χ4n) is 1.35. The van der Waals surface area contributed by atoms with E-state index in [1.807, 2.05) is 35.5 Å². The third kappa shape index (κ3) is 4.99. The van der Waals surface area contributed by atoms with Gasteiger partial charge in [0.05, 0.1) is 15.7 Å². The minimum Gasteiger partial charge on any atom is -0.245 e. The lowest BCUT2D eigenvalue weighted by molar-refractivity contribution is 1.05. The van der Waals surface area contributed by atoms with Gasteiger partial charge in [0.1, 0.15) is 0 Å². The Hall–Kier alpha value is -0.540. The normalized spacial score (nSPS) is 10.6. The van der Waals surface area contributed by atoms with E-state index in [0.29, 0.717) is 0 Å². The molecule has 0 aliphatic rings. The summed E-state index contributed by atoms with van der Waals surface area (Å²) < 4.78 is 1.26. The first kappa shape index (κ1) is 13.5. The molecule has 16 heavy (non-hydrogen) atoms. The molecule has 0 bridgehead atoms. The van der Waals surface area contributed by atoms with Crippen molar-refractivity contribution in [3.8, 4) is 0 Å². The van der Waals surface area contributed by atoms with Crippen molar-refractivity contribution >= 4 is 33.3 Å². The predicted octanol–water partition coefficient (Wildman–Crippen LogP) is 4.83. The number of para-hydroxylation sites is 1. The van der Waals surface area contributed by atoms with Crippen molar-refractivity contribution in [2.75, 3.05) is 0 Å². The second kappa shape index (κ2) is 6.92. The summed E-state index contributed by atoms with van der Waals surface area (Å²) in [4.78, 5) is 4.14. The van der Waals surface area contributed by atoms with E-state index in [0.717, 1.165) is 16.0 Å². The van der Waals surface area contributed by atoms with Crippen LogP contribution in [0.15, 0.2) is 29.8 Å². The SMILES string of the molecule is CC(C)SC(C)C.c1ccc2scnc2c1. The largest absolute Gasteiger partial charge is 0.245 e. The zero-order valence-electron chi connectivity index (χ0n) is 10.3. The van der Waals surface area contributed by atoms with Gasteiger partial charge in [-0.3, -0.25) is 0 Å². The van der Waals surface area contributed by atoms with Gasteiger partial charge in [0.25, 0.3) is 0 Å². The van der Waals surface area contributed by atoms with Gasteiger partial charge in [0.15, 0.2) is 0 Å². The van der Waals surface area contributed by atoms with E-state index in [9.17, 15) is 0 Å². The second-order valence-electron chi connectivity index (χ2n) is 4.05. The molecule has 1 aromatic heterocycles. The predicted molar refractivity (Wildman–Crippen MR) is 77.5 cm³/mol. The molecule has 2 aromatic rings. The Morgan fingerprint density at radius 2 is 1.69 bits per heavy atom. The fourth-order valence-corrected chi connectivity index (χ4v) is 3.11. The van der Waals surface area contributed by atoms with E-state index < -0.39 is 0 Å². The van der Waals surface area contributed by atoms with Crippen LogP contribution in [0.3, 0.4) is 0 Å². The number of benzene rings is 1. The van der Waals surface area contributed by atoms with E-state index in [1.54, 1.807) is 11.3 Å². The molecule has 2 rings (SSSR count). The van der Waals surface area contributed by atoms with Gasteiger partial charge < -0.3 is 0 Å². The topological polar surface area (TPSA) is 12.9 Å². The number of hydrogen-bond donors (Lipinski definition) is 0. The lowest BCUT2D eigenvalue weighted by Crippen LogP contribution is -1.94. The lowest BCUT2D eigenvalue weighted by Gasteiger charge is -2.05. The van der Waals surface area contributed by atoms with Crippen LogP contribution in [0.5, 0.6) is 0 Å². The maximum atomic E-state index is 4.14. The van der Waals surface area contributed by atoms with Crippen LogP contribution in [0.4, 0.5) is 0 Å². The van der Waals surface area contributed by atoms with Crippen LogP contribution in [0.25, 0.3) is 10.2 Å². The average Bonchev–Trinajstić information content (AvgIpc) is 2.63. The minimum atomic E-state index is 0.792. The molecule has 0 amide bonds. The van der Waals surface area contributed by atoms with Crippen molar-refractivity contribution < 1.29 is 0 Å². The molecule has 1 aromatic carbocycles.